The van der Waals surface area contributed by atoms with Crippen LogP contribution in [0.15, 0.2) is 33.9 Å². The van der Waals surface area contributed by atoms with Gasteiger partial charge in [0.2, 0.25) is 5.88 Å². The molecule has 0 fully saturated rings. The maximum atomic E-state index is 11.2. The van der Waals surface area contributed by atoms with Gasteiger partial charge in [-0.05, 0) is 13.0 Å². The van der Waals surface area contributed by atoms with Crippen LogP contribution in [0, 0.1) is 0 Å². The van der Waals surface area contributed by atoms with Crippen molar-refractivity contribution in [1.82, 2.24) is 4.98 Å². The summed E-state index contributed by atoms with van der Waals surface area (Å²) in [4.78, 5) is 2.69. The standard InChI is InChI=1S/C10H11N3O3S/c1-2-17(15,16)13-12-9-7-5-3-4-6-8(7)11-10(9)14/h3-6,11,14H,2H2,1H3. The maximum absolute atomic E-state index is 11.2. The molecule has 0 atom stereocenters. The lowest BCUT2D eigenvalue weighted by atomic mass is 10.2. The molecule has 90 valence electrons. The summed E-state index contributed by atoms with van der Waals surface area (Å²) < 4.78 is 25.6. The number of fused-ring (bicyclic) bond motifs is 1. The van der Waals surface area contributed by atoms with E-state index in [0.29, 0.717) is 10.9 Å². The van der Waals surface area contributed by atoms with Crippen LogP contribution < -0.4 is 0 Å². The van der Waals surface area contributed by atoms with Crippen LogP contribution in [0.5, 0.6) is 5.88 Å². The summed E-state index contributed by atoms with van der Waals surface area (Å²) in [7, 11) is -3.55. The fourth-order valence-corrected chi connectivity index (χ4v) is 1.70. The summed E-state index contributed by atoms with van der Waals surface area (Å²) in [5, 5.41) is 13.8. The number of H-pyrrole nitrogens is 1. The smallest absolute Gasteiger partial charge is 0.270 e. The van der Waals surface area contributed by atoms with Crippen LogP contribution in [0.25, 0.3) is 10.9 Å². The van der Waals surface area contributed by atoms with E-state index in [2.05, 4.69) is 14.6 Å². The van der Waals surface area contributed by atoms with Gasteiger partial charge >= 0.3 is 0 Å². The molecule has 2 N–H and O–H groups in total. The van der Waals surface area contributed by atoms with Crippen LogP contribution in [-0.4, -0.2) is 24.3 Å². The quantitative estimate of drug-likeness (QED) is 0.821. The number of aromatic hydroxyl groups is 1. The molecule has 7 heteroatoms. The lowest BCUT2D eigenvalue weighted by Gasteiger charge is -1.91. The van der Waals surface area contributed by atoms with Gasteiger partial charge in [-0.15, -0.1) is 5.11 Å². The first kappa shape index (κ1) is 11.6. The molecule has 1 aromatic carbocycles. The van der Waals surface area contributed by atoms with Gasteiger partial charge in [0.25, 0.3) is 10.0 Å². The minimum Gasteiger partial charge on any atom is -0.493 e. The van der Waals surface area contributed by atoms with Crippen molar-refractivity contribution in [1.29, 1.82) is 0 Å². The molecule has 0 aliphatic heterocycles. The molecule has 0 aliphatic rings. The number of nitrogens with one attached hydrogen (secondary N) is 1. The lowest BCUT2D eigenvalue weighted by molar-refractivity contribution is 0.459. The van der Waals surface area contributed by atoms with Crippen LogP contribution in [0.1, 0.15) is 6.92 Å². The number of aromatic nitrogens is 1. The molecule has 1 aromatic heterocycles. The van der Waals surface area contributed by atoms with E-state index < -0.39 is 10.0 Å². The predicted molar refractivity (Wildman–Crippen MR) is 63.9 cm³/mol. The van der Waals surface area contributed by atoms with Crippen LogP contribution in [0.2, 0.25) is 0 Å². The zero-order valence-electron chi connectivity index (χ0n) is 9.08. The summed E-state index contributed by atoms with van der Waals surface area (Å²) >= 11 is 0. The Morgan fingerprint density at radius 2 is 2.06 bits per heavy atom. The van der Waals surface area contributed by atoms with E-state index in [1.165, 1.54) is 6.92 Å². The average molecular weight is 253 g/mol. The molecular formula is C10H11N3O3S. The van der Waals surface area contributed by atoms with Gasteiger partial charge in [0.15, 0.2) is 5.69 Å². The van der Waals surface area contributed by atoms with Gasteiger partial charge in [0.1, 0.15) is 0 Å². The normalized spacial score (nSPS) is 12.5. The molecule has 1 heterocycles. The molecule has 6 nitrogen and oxygen atoms in total. The fourth-order valence-electron chi connectivity index (χ4n) is 1.37. The first-order chi connectivity index (χ1) is 8.03. The van der Waals surface area contributed by atoms with Crippen LogP contribution in [-0.2, 0) is 10.0 Å². The van der Waals surface area contributed by atoms with E-state index in [4.69, 9.17) is 0 Å². The van der Waals surface area contributed by atoms with E-state index >= 15 is 0 Å². The highest BCUT2D eigenvalue weighted by atomic mass is 32.2. The van der Waals surface area contributed by atoms with Crippen LogP contribution in [0.3, 0.4) is 0 Å². The Morgan fingerprint density at radius 3 is 2.76 bits per heavy atom. The second-order valence-corrected chi connectivity index (χ2v) is 5.32. The molecule has 0 aliphatic carbocycles. The Hall–Kier alpha value is -1.89. The SMILES string of the molecule is CCS(=O)(=O)N=Nc1c(O)[nH]c2ccccc12. The Kier molecular flexibility index (Phi) is 2.84. The highest BCUT2D eigenvalue weighted by Crippen LogP contribution is 2.35. The third-order valence-electron chi connectivity index (χ3n) is 2.29. The molecule has 0 bridgehead atoms. The van der Waals surface area contributed by atoms with Crippen molar-refractivity contribution in [3.05, 3.63) is 24.3 Å². The second-order valence-electron chi connectivity index (χ2n) is 3.42. The summed E-state index contributed by atoms with van der Waals surface area (Å²) in [5.41, 5.74) is 0.811. The summed E-state index contributed by atoms with van der Waals surface area (Å²) in [5.74, 6) is -0.319. The fraction of sp³-hybridized carbons (Fsp3) is 0.200. The van der Waals surface area contributed by atoms with E-state index in [-0.39, 0.29) is 17.3 Å². The minimum atomic E-state index is -3.55. The van der Waals surface area contributed by atoms with Crippen molar-refractivity contribution in [3.8, 4) is 5.88 Å². The minimum absolute atomic E-state index is 0.125. The predicted octanol–water partition coefficient (Wildman–Crippen LogP) is 2.31. The lowest BCUT2D eigenvalue weighted by Crippen LogP contribution is -1.95. The zero-order chi connectivity index (χ0) is 12.5. The van der Waals surface area contributed by atoms with Gasteiger partial charge < -0.3 is 10.1 Å². The Labute approximate surface area is 98.1 Å². The Morgan fingerprint density at radius 1 is 1.35 bits per heavy atom. The number of hydrogen-bond donors (Lipinski definition) is 2. The van der Waals surface area contributed by atoms with Gasteiger partial charge in [0, 0.05) is 5.39 Å². The molecule has 0 spiro atoms. The highest BCUT2D eigenvalue weighted by molar-refractivity contribution is 7.89. The number of benzene rings is 1. The van der Waals surface area contributed by atoms with E-state index in [0.717, 1.165) is 0 Å². The monoisotopic (exact) mass is 253 g/mol. The second kappa shape index (κ2) is 4.17. The molecule has 17 heavy (non-hydrogen) atoms. The number of sulfonamides is 1. The van der Waals surface area contributed by atoms with Crippen molar-refractivity contribution in [2.24, 2.45) is 9.63 Å². The topological polar surface area (TPSA) is 94.9 Å². The highest BCUT2D eigenvalue weighted by Gasteiger charge is 2.11. The summed E-state index contributed by atoms with van der Waals surface area (Å²) in [6.45, 7) is 1.48. The van der Waals surface area contributed by atoms with Gasteiger partial charge in [-0.25, -0.2) is 8.42 Å². The molecule has 0 unspecified atom stereocenters. The Balaban J connectivity index is 2.53. The summed E-state index contributed by atoms with van der Waals surface area (Å²) in [6, 6.07) is 7.03. The number of aromatic amines is 1. The average Bonchev–Trinajstić information content (AvgIpc) is 2.62. The zero-order valence-corrected chi connectivity index (χ0v) is 9.90. The maximum Gasteiger partial charge on any atom is 0.270 e. The number of rotatable bonds is 3. The summed E-state index contributed by atoms with van der Waals surface area (Å²) in [6.07, 6.45) is 0. The van der Waals surface area contributed by atoms with Crippen LogP contribution in [0.4, 0.5) is 5.69 Å². The number of nitrogens with zero attached hydrogens (tertiary/aromatic N) is 2. The van der Waals surface area contributed by atoms with Gasteiger partial charge in [-0.1, -0.05) is 22.7 Å². The molecule has 0 amide bonds. The first-order valence-corrected chi connectivity index (χ1v) is 6.60. The van der Waals surface area contributed by atoms with Gasteiger partial charge in [-0.2, -0.15) is 0 Å². The Bertz CT molecular complexity index is 673. The molecule has 0 radical (unpaired) electrons. The molecule has 2 aromatic rings. The molecular weight excluding hydrogens is 242 g/mol. The largest absolute Gasteiger partial charge is 0.493 e. The van der Waals surface area contributed by atoms with Crippen molar-refractivity contribution >= 4 is 26.6 Å². The van der Waals surface area contributed by atoms with E-state index in [1.807, 2.05) is 0 Å². The molecule has 0 saturated carbocycles. The van der Waals surface area contributed by atoms with Crippen LogP contribution >= 0.6 is 0 Å². The third kappa shape index (κ3) is 2.28. The van der Waals surface area contributed by atoms with Crippen molar-refractivity contribution < 1.29 is 13.5 Å². The van der Waals surface area contributed by atoms with Gasteiger partial charge in [0.05, 0.1) is 11.3 Å². The van der Waals surface area contributed by atoms with Crippen molar-refractivity contribution in [2.45, 2.75) is 6.92 Å². The molecule has 2 rings (SSSR count). The third-order valence-corrected chi connectivity index (χ3v) is 3.35. The van der Waals surface area contributed by atoms with E-state index in [1.54, 1.807) is 24.3 Å². The van der Waals surface area contributed by atoms with Gasteiger partial charge in [-0.3, -0.25) is 0 Å². The number of para-hydroxylation sites is 1. The van der Waals surface area contributed by atoms with Crippen molar-refractivity contribution in [2.75, 3.05) is 5.75 Å². The van der Waals surface area contributed by atoms with Crippen molar-refractivity contribution in [3.63, 3.8) is 0 Å². The first-order valence-electron chi connectivity index (χ1n) is 4.99. The number of hydrogen-bond acceptors (Lipinski definition) is 4. The van der Waals surface area contributed by atoms with E-state index in [9.17, 15) is 13.5 Å². The molecule has 0 saturated heterocycles.